The summed E-state index contributed by atoms with van der Waals surface area (Å²) in [7, 11) is 0. The van der Waals surface area contributed by atoms with E-state index in [1.54, 1.807) is 12.1 Å². The molecule has 5 heteroatoms. The molecule has 0 spiro atoms. The van der Waals surface area contributed by atoms with E-state index in [1.807, 2.05) is 31.5 Å². The SMILES string of the molecule is CCCCCCCCc1cnc(-c2ccc(OCC(F)CCC(F)CCC)cc2)nc1. The van der Waals surface area contributed by atoms with E-state index < -0.39 is 12.3 Å². The number of halogens is 2. The highest BCUT2D eigenvalue weighted by Gasteiger charge is 2.12. The van der Waals surface area contributed by atoms with E-state index in [-0.39, 0.29) is 19.4 Å². The quantitative estimate of drug-likeness (QED) is 0.255. The van der Waals surface area contributed by atoms with Crippen molar-refractivity contribution in [2.24, 2.45) is 0 Å². The zero-order chi connectivity index (χ0) is 22.3. The molecular weight excluding hydrogens is 394 g/mol. The zero-order valence-corrected chi connectivity index (χ0v) is 19.2. The largest absolute Gasteiger partial charge is 0.491 e. The van der Waals surface area contributed by atoms with Crippen molar-refractivity contribution in [3.05, 3.63) is 42.2 Å². The lowest BCUT2D eigenvalue weighted by atomic mass is 10.1. The Morgan fingerprint density at radius 1 is 0.774 bits per heavy atom. The third-order valence-electron chi connectivity index (χ3n) is 5.46. The molecule has 0 fully saturated rings. The Kier molecular flexibility index (Phi) is 12.1. The van der Waals surface area contributed by atoms with Gasteiger partial charge in [0.05, 0.1) is 0 Å². The highest BCUT2D eigenvalue weighted by molar-refractivity contribution is 5.55. The van der Waals surface area contributed by atoms with Gasteiger partial charge in [0.1, 0.15) is 24.7 Å². The molecule has 2 rings (SSSR count). The molecule has 31 heavy (non-hydrogen) atoms. The molecule has 0 bridgehead atoms. The van der Waals surface area contributed by atoms with Crippen LogP contribution >= 0.6 is 0 Å². The van der Waals surface area contributed by atoms with Crippen LogP contribution in [0.15, 0.2) is 36.7 Å². The van der Waals surface area contributed by atoms with E-state index in [0.717, 1.165) is 18.4 Å². The van der Waals surface area contributed by atoms with Crippen LogP contribution in [0.4, 0.5) is 8.78 Å². The van der Waals surface area contributed by atoms with Crippen molar-refractivity contribution < 1.29 is 13.5 Å². The van der Waals surface area contributed by atoms with Crippen LogP contribution in [0.1, 0.15) is 83.6 Å². The van der Waals surface area contributed by atoms with Crippen LogP contribution in [0.2, 0.25) is 0 Å². The number of nitrogens with zero attached hydrogens (tertiary/aromatic N) is 2. The lowest BCUT2D eigenvalue weighted by Gasteiger charge is -2.12. The normalized spacial score (nSPS) is 13.2. The fourth-order valence-electron chi connectivity index (χ4n) is 3.53. The molecule has 1 aromatic heterocycles. The van der Waals surface area contributed by atoms with Gasteiger partial charge in [-0.15, -0.1) is 0 Å². The van der Waals surface area contributed by atoms with Crippen LogP contribution in [-0.4, -0.2) is 28.9 Å². The number of hydrogen-bond acceptors (Lipinski definition) is 3. The Hall–Kier alpha value is -2.04. The van der Waals surface area contributed by atoms with E-state index in [2.05, 4.69) is 16.9 Å². The number of hydrogen-bond donors (Lipinski definition) is 0. The van der Waals surface area contributed by atoms with Crippen molar-refractivity contribution >= 4 is 0 Å². The van der Waals surface area contributed by atoms with Gasteiger partial charge in [-0.25, -0.2) is 18.7 Å². The average molecular weight is 433 g/mol. The highest BCUT2D eigenvalue weighted by Crippen LogP contribution is 2.21. The Morgan fingerprint density at radius 2 is 1.42 bits per heavy atom. The predicted octanol–water partition coefficient (Wildman–Crippen LogP) is 7.68. The van der Waals surface area contributed by atoms with E-state index in [4.69, 9.17) is 4.74 Å². The summed E-state index contributed by atoms with van der Waals surface area (Å²) in [5.74, 6) is 1.27. The van der Waals surface area contributed by atoms with Crippen LogP contribution in [0, 0.1) is 0 Å². The van der Waals surface area contributed by atoms with Crippen LogP contribution in [0.5, 0.6) is 5.75 Å². The maximum Gasteiger partial charge on any atom is 0.159 e. The fraction of sp³-hybridized carbons (Fsp3) is 0.615. The number of ether oxygens (including phenoxy) is 1. The molecule has 0 N–H and O–H groups in total. The average Bonchev–Trinajstić information content (AvgIpc) is 2.79. The summed E-state index contributed by atoms with van der Waals surface area (Å²) in [6.07, 6.45) is 12.2. The first-order valence-electron chi connectivity index (χ1n) is 11.9. The molecule has 2 unspecified atom stereocenters. The molecule has 1 heterocycles. The Labute approximate surface area is 186 Å². The van der Waals surface area contributed by atoms with Crippen molar-refractivity contribution in [1.82, 2.24) is 9.97 Å². The van der Waals surface area contributed by atoms with E-state index in [1.165, 1.54) is 44.1 Å². The van der Waals surface area contributed by atoms with Gasteiger partial charge in [0.25, 0.3) is 0 Å². The molecule has 0 saturated carbocycles. The van der Waals surface area contributed by atoms with Gasteiger partial charge in [-0.1, -0.05) is 52.4 Å². The molecule has 0 aliphatic carbocycles. The zero-order valence-electron chi connectivity index (χ0n) is 19.2. The minimum Gasteiger partial charge on any atom is -0.491 e. The van der Waals surface area contributed by atoms with Gasteiger partial charge in [-0.3, -0.25) is 0 Å². The molecule has 0 radical (unpaired) electrons. The molecule has 2 aromatic rings. The van der Waals surface area contributed by atoms with Gasteiger partial charge in [0, 0.05) is 18.0 Å². The molecule has 1 aromatic carbocycles. The van der Waals surface area contributed by atoms with E-state index in [0.29, 0.717) is 18.0 Å². The minimum atomic E-state index is -1.16. The van der Waals surface area contributed by atoms with Gasteiger partial charge in [-0.05, 0) is 61.9 Å². The Balaban J connectivity index is 1.73. The first-order valence-corrected chi connectivity index (χ1v) is 11.9. The highest BCUT2D eigenvalue weighted by atomic mass is 19.1. The van der Waals surface area contributed by atoms with Gasteiger partial charge in [0.2, 0.25) is 0 Å². The lowest BCUT2D eigenvalue weighted by Crippen LogP contribution is -2.15. The van der Waals surface area contributed by atoms with Gasteiger partial charge in [0.15, 0.2) is 5.82 Å². The molecular formula is C26H38F2N2O. The second-order valence-electron chi connectivity index (χ2n) is 8.33. The molecule has 0 amide bonds. The third kappa shape index (κ3) is 10.2. The predicted molar refractivity (Wildman–Crippen MR) is 124 cm³/mol. The summed E-state index contributed by atoms with van der Waals surface area (Å²) in [5, 5.41) is 0. The number of aryl methyl sites for hydroxylation is 1. The van der Waals surface area contributed by atoms with Crippen molar-refractivity contribution in [2.45, 2.75) is 96.8 Å². The topological polar surface area (TPSA) is 35.0 Å². The van der Waals surface area contributed by atoms with Crippen LogP contribution < -0.4 is 4.74 Å². The molecule has 0 saturated heterocycles. The first kappa shape index (κ1) is 25.2. The number of rotatable bonds is 16. The van der Waals surface area contributed by atoms with Crippen LogP contribution in [0.25, 0.3) is 11.4 Å². The van der Waals surface area contributed by atoms with Crippen LogP contribution in [-0.2, 0) is 6.42 Å². The second-order valence-corrected chi connectivity index (χ2v) is 8.33. The number of aromatic nitrogens is 2. The number of benzene rings is 1. The molecule has 3 nitrogen and oxygen atoms in total. The summed E-state index contributed by atoms with van der Waals surface area (Å²) in [6.45, 7) is 4.11. The van der Waals surface area contributed by atoms with Gasteiger partial charge < -0.3 is 4.74 Å². The minimum absolute atomic E-state index is 0.0537. The summed E-state index contributed by atoms with van der Waals surface area (Å²) in [6, 6.07) is 7.35. The number of unbranched alkanes of at least 4 members (excludes halogenated alkanes) is 5. The second kappa shape index (κ2) is 14.9. The molecule has 0 aliphatic heterocycles. The Bertz CT molecular complexity index is 706. The van der Waals surface area contributed by atoms with Crippen LogP contribution in [0.3, 0.4) is 0 Å². The molecule has 0 aliphatic rings. The maximum atomic E-state index is 13.9. The summed E-state index contributed by atoms with van der Waals surface area (Å²) in [4.78, 5) is 8.98. The lowest BCUT2D eigenvalue weighted by molar-refractivity contribution is 0.168. The molecule has 2 atom stereocenters. The molecule has 172 valence electrons. The van der Waals surface area contributed by atoms with E-state index >= 15 is 0 Å². The van der Waals surface area contributed by atoms with Gasteiger partial charge in [-0.2, -0.15) is 0 Å². The van der Waals surface area contributed by atoms with Crippen molar-refractivity contribution in [3.8, 4) is 17.1 Å². The first-order chi connectivity index (χ1) is 15.1. The summed E-state index contributed by atoms with van der Waals surface area (Å²) in [5.41, 5.74) is 2.07. The standard InChI is InChI=1S/C26H38F2N2O/c1-3-5-6-7-8-9-11-21-18-29-26(30-19-21)22-12-16-25(17-13-22)31-20-24(28)15-14-23(27)10-4-2/h12-13,16-19,23-24H,3-11,14-15,20H2,1-2H3. The van der Waals surface area contributed by atoms with Gasteiger partial charge >= 0.3 is 0 Å². The fourth-order valence-corrected chi connectivity index (χ4v) is 3.53. The Morgan fingerprint density at radius 3 is 2.10 bits per heavy atom. The van der Waals surface area contributed by atoms with Crippen molar-refractivity contribution in [1.29, 1.82) is 0 Å². The maximum absolute atomic E-state index is 13.9. The van der Waals surface area contributed by atoms with Crippen molar-refractivity contribution in [3.63, 3.8) is 0 Å². The summed E-state index contributed by atoms with van der Waals surface area (Å²) < 4.78 is 32.9. The number of alkyl halides is 2. The van der Waals surface area contributed by atoms with Crippen molar-refractivity contribution in [2.75, 3.05) is 6.61 Å². The smallest absolute Gasteiger partial charge is 0.159 e. The van der Waals surface area contributed by atoms with E-state index in [9.17, 15) is 8.78 Å². The summed E-state index contributed by atoms with van der Waals surface area (Å²) >= 11 is 0. The monoisotopic (exact) mass is 432 g/mol. The third-order valence-corrected chi connectivity index (χ3v) is 5.46.